The third-order valence-corrected chi connectivity index (χ3v) is 14.1. The van der Waals surface area contributed by atoms with Gasteiger partial charge in [-0.25, -0.2) is 4.99 Å². The summed E-state index contributed by atoms with van der Waals surface area (Å²) in [6.07, 6.45) is 34.3. The fourth-order valence-electron chi connectivity index (χ4n) is 10.7. The predicted molar refractivity (Wildman–Crippen MR) is 270 cm³/mol. The molecule has 0 aliphatic heterocycles. The Balaban J connectivity index is 0.962. The number of nitrogens with one attached hydrogen (secondary N) is 1. The number of aryl methyl sites for hydroxylation is 3. The average Bonchev–Trinajstić information content (AvgIpc) is 3.99. The number of fused-ring (bicyclic) bond motifs is 9. The second kappa shape index (κ2) is 16.3. The van der Waals surface area contributed by atoms with Crippen molar-refractivity contribution in [3.05, 3.63) is 213 Å². The molecule has 5 nitrogen and oxygen atoms in total. The molecular weight excluding hydrogens is 795 g/mol. The van der Waals surface area contributed by atoms with Gasteiger partial charge in [0.05, 0.1) is 11.4 Å². The van der Waals surface area contributed by atoms with Crippen molar-refractivity contribution < 1.29 is 8.83 Å². The van der Waals surface area contributed by atoms with Crippen LogP contribution >= 0.6 is 0 Å². The van der Waals surface area contributed by atoms with Crippen molar-refractivity contribution in [2.75, 3.05) is 0 Å². The quantitative estimate of drug-likeness (QED) is 0.150. The van der Waals surface area contributed by atoms with Gasteiger partial charge in [-0.3, -0.25) is 0 Å². The van der Waals surface area contributed by atoms with Gasteiger partial charge in [0.25, 0.3) is 0 Å². The summed E-state index contributed by atoms with van der Waals surface area (Å²) in [5, 5.41) is 2.46. The molecule has 0 fully saturated rings. The minimum atomic E-state index is 0.119. The van der Waals surface area contributed by atoms with Crippen LogP contribution in [0.2, 0.25) is 0 Å². The Bertz CT molecular complexity index is 3340. The maximum Gasteiger partial charge on any atom is 0.134 e. The molecular formula is C60H51N3O2. The summed E-state index contributed by atoms with van der Waals surface area (Å²) in [5.74, 6) is 3.30. The Morgan fingerprint density at radius 2 is 1.52 bits per heavy atom. The summed E-state index contributed by atoms with van der Waals surface area (Å²) < 4.78 is 12.7. The Morgan fingerprint density at radius 3 is 2.43 bits per heavy atom. The molecule has 4 aromatic carbocycles. The molecule has 5 aliphatic carbocycles. The number of furan rings is 2. The second-order valence-corrected chi connectivity index (χ2v) is 18.1. The van der Waals surface area contributed by atoms with Gasteiger partial charge < -0.3 is 19.6 Å². The molecule has 5 heteroatoms. The van der Waals surface area contributed by atoms with Crippen LogP contribution in [0.1, 0.15) is 112 Å². The molecule has 1 atom stereocenters. The van der Waals surface area contributed by atoms with Crippen LogP contribution in [0.4, 0.5) is 0 Å². The topological polar surface area (TPSA) is 80.5 Å². The third kappa shape index (κ3) is 7.25. The number of allylic oxidation sites excluding steroid dienone is 8. The highest BCUT2D eigenvalue weighted by molar-refractivity contribution is 6.14. The van der Waals surface area contributed by atoms with Crippen molar-refractivity contribution in [3.63, 3.8) is 0 Å². The summed E-state index contributed by atoms with van der Waals surface area (Å²) in [6.45, 7) is 4.55. The maximum atomic E-state index is 7.21. The molecule has 0 radical (unpaired) electrons. The molecule has 0 spiro atoms. The molecule has 0 bridgehead atoms. The van der Waals surface area contributed by atoms with Crippen molar-refractivity contribution >= 4 is 63.2 Å². The largest absolute Gasteiger partial charge is 0.461 e. The van der Waals surface area contributed by atoms with Crippen LogP contribution in [-0.2, 0) is 25.7 Å². The van der Waals surface area contributed by atoms with Crippen molar-refractivity contribution in [2.24, 2.45) is 10.7 Å². The van der Waals surface area contributed by atoms with E-state index in [-0.39, 0.29) is 5.92 Å². The molecule has 5 aliphatic rings. The lowest BCUT2D eigenvalue weighted by molar-refractivity contribution is 0.498. The first-order valence-corrected chi connectivity index (χ1v) is 23.4. The second-order valence-electron chi connectivity index (χ2n) is 18.1. The number of hydrogen-bond donors (Lipinski definition) is 2. The number of rotatable bonds is 8. The Morgan fingerprint density at radius 1 is 0.708 bits per heavy atom. The zero-order valence-corrected chi connectivity index (χ0v) is 36.6. The monoisotopic (exact) mass is 845 g/mol. The highest BCUT2D eigenvalue weighted by atomic mass is 16.3. The van der Waals surface area contributed by atoms with Gasteiger partial charge in [0, 0.05) is 68.7 Å². The number of para-hydroxylation sites is 1. The van der Waals surface area contributed by atoms with E-state index in [1.165, 1.54) is 66.5 Å². The average molecular weight is 846 g/mol. The van der Waals surface area contributed by atoms with Crippen LogP contribution in [-0.4, -0.2) is 10.7 Å². The molecule has 318 valence electrons. The van der Waals surface area contributed by atoms with Crippen molar-refractivity contribution in [3.8, 4) is 11.1 Å². The first-order valence-electron chi connectivity index (χ1n) is 23.4. The summed E-state index contributed by atoms with van der Waals surface area (Å²) >= 11 is 0. The fraction of sp³-hybridized carbons (Fsp3) is 0.183. The first-order chi connectivity index (χ1) is 32.0. The lowest BCUT2D eigenvalue weighted by atomic mass is 9.85. The van der Waals surface area contributed by atoms with E-state index >= 15 is 0 Å². The molecule has 0 saturated carbocycles. The molecule has 12 rings (SSSR count). The van der Waals surface area contributed by atoms with Crippen LogP contribution in [0.25, 0.3) is 68.6 Å². The highest BCUT2D eigenvalue weighted by Crippen LogP contribution is 2.41. The Hall–Kier alpha value is -7.37. The van der Waals surface area contributed by atoms with Gasteiger partial charge in [0.1, 0.15) is 22.9 Å². The van der Waals surface area contributed by atoms with Gasteiger partial charge in [-0.15, -0.1) is 0 Å². The molecule has 65 heavy (non-hydrogen) atoms. The number of benzene rings is 4. The first kappa shape index (κ1) is 39.2. The van der Waals surface area contributed by atoms with Crippen LogP contribution in [0.3, 0.4) is 0 Å². The molecule has 3 heterocycles. The number of aromatic amines is 1. The fourth-order valence-corrected chi connectivity index (χ4v) is 10.7. The van der Waals surface area contributed by atoms with Crippen molar-refractivity contribution in [2.45, 2.75) is 70.1 Å². The minimum absolute atomic E-state index is 0.119. The summed E-state index contributed by atoms with van der Waals surface area (Å²) in [4.78, 5) is 9.09. The van der Waals surface area contributed by atoms with E-state index < -0.39 is 0 Å². The SMILES string of the molecule is C=C(N=C(/C=C(\N)c1ccc(C2=Cc3c(oc4ccccc34)CC2)cc1)c1cc(-c2ccc3[nH]c4c(c3c2)CCC=C4)ccc1C1C=Cc2oc3c(c2CC1)C=CCC3)C1=CCCC=C1. The van der Waals surface area contributed by atoms with Gasteiger partial charge in [-0.05, 0) is 144 Å². The molecule has 1 unspecified atom stereocenters. The van der Waals surface area contributed by atoms with E-state index in [0.717, 1.165) is 121 Å². The van der Waals surface area contributed by atoms with Gasteiger partial charge in [0.2, 0.25) is 0 Å². The lowest BCUT2D eigenvalue weighted by Gasteiger charge is -2.20. The minimum Gasteiger partial charge on any atom is -0.461 e. The van der Waals surface area contributed by atoms with Gasteiger partial charge in [-0.2, -0.15) is 0 Å². The lowest BCUT2D eigenvalue weighted by Crippen LogP contribution is -2.10. The van der Waals surface area contributed by atoms with E-state index in [4.69, 9.17) is 19.6 Å². The van der Waals surface area contributed by atoms with E-state index in [9.17, 15) is 0 Å². The molecule has 3 aromatic heterocycles. The standard InChI is InChI=1S/C60H51N3O2/c1-37(38-11-3-2-4-12-38)62-56(36-53(61)41-21-19-39(20-22-41)42-27-32-60-52(35-42)48-15-7-10-18-58(48)65-60)50-33-43(44-25-30-55-51(34-44)46-13-5-8-16-54(46)63-55)24-28-45(50)40-23-29-49-47-14-6-9-17-57(47)64-59(49)31-26-40/h3,6-8,10-12,14-16,18-22,24-26,28,30-31,33-36,40,63H,1-2,4-5,9,13,17,23,27,29,32,61H2/b53-36-,62-56?. The zero-order valence-electron chi connectivity index (χ0n) is 36.6. The summed E-state index contributed by atoms with van der Waals surface area (Å²) in [6, 6.07) is 30.8. The Labute approximate surface area is 380 Å². The zero-order chi connectivity index (χ0) is 43.4. The van der Waals surface area contributed by atoms with Gasteiger partial charge >= 0.3 is 0 Å². The smallest absolute Gasteiger partial charge is 0.134 e. The van der Waals surface area contributed by atoms with E-state index in [2.05, 4.69) is 157 Å². The van der Waals surface area contributed by atoms with E-state index in [1.54, 1.807) is 0 Å². The van der Waals surface area contributed by atoms with Gasteiger partial charge in [0.15, 0.2) is 0 Å². The number of nitrogens with two attached hydrogens (primary N) is 1. The van der Waals surface area contributed by atoms with E-state index in [1.807, 2.05) is 6.07 Å². The number of H-pyrrole nitrogens is 1. The maximum absolute atomic E-state index is 7.21. The van der Waals surface area contributed by atoms with Crippen LogP contribution in [0.15, 0.2) is 159 Å². The highest BCUT2D eigenvalue weighted by Gasteiger charge is 2.26. The number of aromatic nitrogens is 1. The normalized spacial score (nSPS) is 17.9. The number of hydrogen-bond acceptors (Lipinski definition) is 4. The number of aliphatic imine (C=N–C) groups is 1. The van der Waals surface area contributed by atoms with Crippen molar-refractivity contribution in [1.82, 2.24) is 4.98 Å². The summed E-state index contributed by atoms with van der Waals surface area (Å²) in [7, 11) is 0. The van der Waals surface area contributed by atoms with Crippen LogP contribution < -0.4 is 5.73 Å². The molecule has 7 aromatic rings. The molecule has 0 saturated heterocycles. The predicted octanol–water partition coefficient (Wildman–Crippen LogP) is 14.9. The Kier molecular flexibility index (Phi) is 9.85. The number of nitrogens with zero attached hydrogens (tertiary/aromatic N) is 1. The third-order valence-electron chi connectivity index (χ3n) is 14.1. The van der Waals surface area contributed by atoms with Crippen molar-refractivity contribution in [1.29, 1.82) is 0 Å². The molecule has 3 N–H and O–H groups in total. The van der Waals surface area contributed by atoms with Gasteiger partial charge in [-0.1, -0.05) is 110 Å². The summed E-state index contributed by atoms with van der Waals surface area (Å²) in [5.41, 5.74) is 27.0. The van der Waals surface area contributed by atoms with E-state index in [0.29, 0.717) is 5.70 Å². The van der Waals surface area contributed by atoms with Crippen LogP contribution in [0, 0.1) is 0 Å². The van der Waals surface area contributed by atoms with Crippen LogP contribution in [0.5, 0.6) is 0 Å². The molecule has 0 amide bonds.